The molecule has 70 valence electrons. The fraction of sp³-hybridized carbons (Fsp3) is 0.333. The second-order valence-electron chi connectivity index (χ2n) is 2.77. The molecule has 0 fully saturated rings. The SMILES string of the molecule is CCCC(=O)Nc1ccc(N)cn1. The lowest BCUT2D eigenvalue weighted by Crippen LogP contribution is -2.11. The van der Waals surface area contributed by atoms with Gasteiger partial charge in [-0.3, -0.25) is 4.79 Å². The Balaban J connectivity index is 2.54. The number of pyridine rings is 1. The van der Waals surface area contributed by atoms with Crippen molar-refractivity contribution in [3.8, 4) is 0 Å². The van der Waals surface area contributed by atoms with Gasteiger partial charge in [-0.2, -0.15) is 0 Å². The molecule has 0 unspecified atom stereocenters. The molecule has 0 spiro atoms. The number of nitrogens with zero attached hydrogens (tertiary/aromatic N) is 1. The Hall–Kier alpha value is -1.58. The van der Waals surface area contributed by atoms with E-state index in [-0.39, 0.29) is 5.91 Å². The quantitative estimate of drug-likeness (QED) is 0.737. The van der Waals surface area contributed by atoms with Gasteiger partial charge in [0.25, 0.3) is 0 Å². The number of hydrogen-bond acceptors (Lipinski definition) is 3. The predicted molar refractivity (Wildman–Crippen MR) is 52.2 cm³/mol. The molecule has 0 saturated heterocycles. The van der Waals surface area contributed by atoms with Gasteiger partial charge in [0, 0.05) is 6.42 Å². The van der Waals surface area contributed by atoms with E-state index in [2.05, 4.69) is 10.3 Å². The van der Waals surface area contributed by atoms with Gasteiger partial charge in [-0.15, -0.1) is 0 Å². The normalized spacial score (nSPS) is 9.62. The summed E-state index contributed by atoms with van der Waals surface area (Å²) in [5, 5.41) is 2.66. The van der Waals surface area contributed by atoms with Crippen LogP contribution in [0.1, 0.15) is 19.8 Å². The summed E-state index contributed by atoms with van der Waals surface area (Å²) < 4.78 is 0. The summed E-state index contributed by atoms with van der Waals surface area (Å²) in [4.78, 5) is 15.1. The number of carbonyl (C=O) groups excluding carboxylic acids is 1. The van der Waals surface area contributed by atoms with Crippen molar-refractivity contribution in [3.05, 3.63) is 18.3 Å². The van der Waals surface area contributed by atoms with Crippen molar-refractivity contribution < 1.29 is 4.79 Å². The molecule has 0 aliphatic rings. The minimum absolute atomic E-state index is 0.0141. The van der Waals surface area contributed by atoms with Gasteiger partial charge in [0.1, 0.15) is 5.82 Å². The molecule has 4 nitrogen and oxygen atoms in total. The van der Waals surface area contributed by atoms with Crippen LogP contribution in [0.5, 0.6) is 0 Å². The average molecular weight is 179 g/mol. The van der Waals surface area contributed by atoms with Crippen LogP contribution in [0.4, 0.5) is 11.5 Å². The van der Waals surface area contributed by atoms with Crippen LogP contribution in [0.3, 0.4) is 0 Å². The molecule has 0 radical (unpaired) electrons. The highest BCUT2D eigenvalue weighted by atomic mass is 16.1. The van der Waals surface area contributed by atoms with Crippen LogP contribution in [0.2, 0.25) is 0 Å². The van der Waals surface area contributed by atoms with Gasteiger partial charge >= 0.3 is 0 Å². The van der Waals surface area contributed by atoms with Crippen LogP contribution >= 0.6 is 0 Å². The van der Waals surface area contributed by atoms with Gasteiger partial charge in [0.2, 0.25) is 5.91 Å². The third kappa shape index (κ3) is 3.11. The zero-order chi connectivity index (χ0) is 9.68. The topological polar surface area (TPSA) is 68.0 Å². The average Bonchev–Trinajstić information content (AvgIpc) is 2.09. The van der Waals surface area contributed by atoms with Gasteiger partial charge in [-0.1, -0.05) is 6.92 Å². The first-order valence-electron chi connectivity index (χ1n) is 4.23. The number of nitrogens with one attached hydrogen (secondary N) is 1. The molecule has 0 bridgehead atoms. The number of nitrogen functional groups attached to an aromatic ring is 1. The molecule has 13 heavy (non-hydrogen) atoms. The molecule has 0 aliphatic carbocycles. The van der Waals surface area contributed by atoms with Crippen LogP contribution in [-0.4, -0.2) is 10.9 Å². The molecule has 1 aromatic rings. The first kappa shape index (κ1) is 9.51. The van der Waals surface area contributed by atoms with E-state index in [9.17, 15) is 4.79 Å². The molecule has 0 aromatic carbocycles. The summed E-state index contributed by atoms with van der Waals surface area (Å²) in [6.07, 6.45) is 2.87. The lowest BCUT2D eigenvalue weighted by Gasteiger charge is -2.02. The van der Waals surface area contributed by atoms with Crippen molar-refractivity contribution in [1.29, 1.82) is 0 Å². The maximum Gasteiger partial charge on any atom is 0.225 e. The minimum atomic E-state index is -0.0141. The van der Waals surface area contributed by atoms with Gasteiger partial charge in [-0.05, 0) is 18.6 Å². The van der Waals surface area contributed by atoms with E-state index in [1.807, 2.05) is 6.92 Å². The van der Waals surface area contributed by atoms with E-state index in [0.29, 0.717) is 17.9 Å². The maximum absolute atomic E-state index is 11.1. The third-order valence-corrected chi connectivity index (χ3v) is 1.53. The first-order chi connectivity index (χ1) is 6.22. The Labute approximate surface area is 77.2 Å². The standard InChI is InChI=1S/C9H13N3O/c1-2-3-9(13)12-8-5-4-7(10)6-11-8/h4-6H,2-3,10H2,1H3,(H,11,12,13). The molecule has 1 aromatic heterocycles. The highest BCUT2D eigenvalue weighted by Crippen LogP contribution is 2.06. The number of anilines is 2. The molecular formula is C9H13N3O. The smallest absolute Gasteiger partial charge is 0.225 e. The number of rotatable bonds is 3. The zero-order valence-electron chi connectivity index (χ0n) is 7.58. The monoisotopic (exact) mass is 179 g/mol. The fourth-order valence-corrected chi connectivity index (χ4v) is 0.912. The Morgan fingerprint density at radius 1 is 1.62 bits per heavy atom. The van der Waals surface area contributed by atoms with Gasteiger partial charge in [0.15, 0.2) is 0 Å². The molecule has 3 N–H and O–H groups in total. The van der Waals surface area contributed by atoms with E-state index >= 15 is 0 Å². The summed E-state index contributed by atoms with van der Waals surface area (Å²) in [6.45, 7) is 1.95. The number of hydrogen-bond donors (Lipinski definition) is 2. The molecule has 1 amide bonds. The Kier molecular flexibility index (Phi) is 3.25. The van der Waals surface area contributed by atoms with Crippen LogP contribution < -0.4 is 11.1 Å². The molecule has 0 atom stereocenters. The second-order valence-corrected chi connectivity index (χ2v) is 2.77. The van der Waals surface area contributed by atoms with E-state index < -0.39 is 0 Å². The first-order valence-corrected chi connectivity index (χ1v) is 4.23. The molecule has 0 aliphatic heterocycles. The summed E-state index contributed by atoms with van der Waals surface area (Å²) in [6, 6.07) is 3.39. The number of amides is 1. The molecule has 0 saturated carbocycles. The highest BCUT2D eigenvalue weighted by Gasteiger charge is 2.00. The van der Waals surface area contributed by atoms with E-state index in [1.54, 1.807) is 12.1 Å². The third-order valence-electron chi connectivity index (χ3n) is 1.53. The fourth-order valence-electron chi connectivity index (χ4n) is 0.912. The maximum atomic E-state index is 11.1. The molecular weight excluding hydrogens is 166 g/mol. The Morgan fingerprint density at radius 2 is 2.38 bits per heavy atom. The van der Waals surface area contributed by atoms with Gasteiger partial charge in [-0.25, -0.2) is 4.98 Å². The van der Waals surface area contributed by atoms with Crippen molar-refractivity contribution in [2.75, 3.05) is 11.1 Å². The van der Waals surface area contributed by atoms with E-state index in [0.717, 1.165) is 6.42 Å². The summed E-state index contributed by atoms with van der Waals surface area (Å²) in [7, 11) is 0. The molecule has 4 heteroatoms. The number of aromatic nitrogens is 1. The van der Waals surface area contributed by atoms with Crippen molar-refractivity contribution in [3.63, 3.8) is 0 Å². The summed E-state index contributed by atoms with van der Waals surface area (Å²) >= 11 is 0. The predicted octanol–water partition coefficient (Wildman–Crippen LogP) is 1.40. The van der Waals surface area contributed by atoms with E-state index in [1.165, 1.54) is 6.20 Å². The van der Waals surface area contributed by atoms with Crippen LogP contribution in [0, 0.1) is 0 Å². The van der Waals surface area contributed by atoms with Crippen LogP contribution in [0.25, 0.3) is 0 Å². The largest absolute Gasteiger partial charge is 0.397 e. The molecule has 1 rings (SSSR count). The second kappa shape index (κ2) is 4.45. The van der Waals surface area contributed by atoms with Gasteiger partial charge < -0.3 is 11.1 Å². The van der Waals surface area contributed by atoms with Crippen LogP contribution in [0.15, 0.2) is 18.3 Å². The summed E-state index contributed by atoms with van der Waals surface area (Å²) in [5.74, 6) is 0.535. The lowest BCUT2D eigenvalue weighted by atomic mass is 10.3. The Bertz CT molecular complexity index is 281. The Morgan fingerprint density at radius 3 is 2.92 bits per heavy atom. The van der Waals surface area contributed by atoms with Crippen LogP contribution in [-0.2, 0) is 4.79 Å². The lowest BCUT2D eigenvalue weighted by molar-refractivity contribution is -0.116. The van der Waals surface area contributed by atoms with Crippen molar-refractivity contribution in [2.24, 2.45) is 0 Å². The number of nitrogens with two attached hydrogens (primary N) is 1. The van der Waals surface area contributed by atoms with E-state index in [4.69, 9.17) is 5.73 Å². The van der Waals surface area contributed by atoms with Crippen molar-refractivity contribution in [1.82, 2.24) is 4.98 Å². The zero-order valence-corrected chi connectivity index (χ0v) is 7.58. The number of carbonyl (C=O) groups is 1. The minimum Gasteiger partial charge on any atom is -0.397 e. The molecule has 1 heterocycles. The van der Waals surface area contributed by atoms with Crippen molar-refractivity contribution in [2.45, 2.75) is 19.8 Å². The summed E-state index contributed by atoms with van der Waals surface area (Å²) in [5.41, 5.74) is 6.03. The van der Waals surface area contributed by atoms with Crippen molar-refractivity contribution >= 4 is 17.4 Å². The van der Waals surface area contributed by atoms with Gasteiger partial charge in [0.05, 0.1) is 11.9 Å². The highest BCUT2D eigenvalue weighted by molar-refractivity contribution is 5.89.